The number of aryl methyl sites for hydroxylation is 4. The first-order valence-electron chi connectivity index (χ1n) is 19.0. The largest absolute Gasteiger partial charge is 0.496 e. The van der Waals surface area contributed by atoms with Gasteiger partial charge in [-0.25, -0.2) is 0 Å². The van der Waals surface area contributed by atoms with E-state index in [0.717, 1.165) is 48.7 Å². The van der Waals surface area contributed by atoms with Crippen LogP contribution in [0.3, 0.4) is 0 Å². The van der Waals surface area contributed by atoms with Crippen molar-refractivity contribution in [3.63, 3.8) is 0 Å². The first kappa shape index (κ1) is 36.9. The SMILES string of the molecule is COc1ccc(C2(c3ccc(OC)c(C)c3)CCC(C(C)(C)C3CCC(c4ccc(OC)c(C)c4)(c4ccc(OC)c(C)c4)CC3)CC2)cc1C. The quantitative estimate of drug-likeness (QED) is 0.166. The zero-order valence-electron chi connectivity index (χ0n) is 32.9. The Morgan fingerprint density at radius 2 is 0.667 bits per heavy atom. The van der Waals surface area contributed by atoms with Gasteiger partial charge in [-0.05, 0) is 165 Å². The average Bonchev–Trinajstić information content (AvgIpc) is 3.14. The van der Waals surface area contributed by atoms with E-state index in [4.69, 9.17) is 18.9 Å². The monoisotopic (exact) mass is 688 g/mol. The number of ether oxygens (including phenoxy) is 4. The smallest absolute Gasteiger partial charge is 0.121 e. The van der Waals surface area contributed by atoms with Gasteiger partial charge in [-0.15, -0.1) is 0 Å². The lowest BCUT2D eigenvalue weighted by molar-refractivity contribution is 0.0364. The van der Waals surface area contributed by atoms with Gasteiger partial charge in [0, 0.05) is 10.8 Å². The number of hydrogen-bond donors (Lipinski definition) is 0. The Morgan fingerprint density at radius 1 is 0.431 bits per heavy atom. The van der Waals surface area contributed by atoms with Gasteiger partial charge in [-0.2, -0.15) is 0 Å². The fourth-order valence-electron chi connectivity index (χ4n) is 10.2. The second-order valence-corrected chi connectivity index (χ2v) is 16.3. The Labute approximate surface area is 307 Å². The minimum Gasteiger partial charge on any atom is -0.496 e. The molecule has 2 aliphatic rings. The fraction of sp³-hybridized carbons (Fsp3) is 0.489. The fourth-order valence-corrected chi connectivity index (χ4v) is 10.2. The van der Waals surface area contributed by atoms with Crippen LogP contribution in [0.15, 0.2) is 72.8 Å². The number of rotatable bonds is 10. The molecule has 4 aromatic rings. The highest BCUT2D eigenvalue weighted by Gasteiger charge is 2.48. The standard InChI is InChI=1S/C47H60O4/c1-31-27-37(11-15-41(31)48-7)46(38-12-16-42(49-8)32(2)28-38)23-19-35(20-24-46)45(5,6)36-21-25-47(26-22-36,39-13-17-43(50-9)33(3)29-39)40-14-18-44(51-10)34(4)30-40/h11-18,27-30,35-36H,19-26H2,1-10H3. The van der Waals surface area contributed by atoms with Gasteiger partial charge in [0.2, 0.25) is 0 Å². The summed E-state index contributed by atoms with van der Waals surface area (Å²) in [5.41, 5.74) is 10.6. The van der Waals surface area contributed by atoms with Crippen LogP contribution in [0, 0.1) is 44.9 Å². The first-order valence-corrected chi connectivity index (χ1v) is 19.0. The molecule has 4 nitrogen and oxygen atoms in total. The lowest BCUT2D eigenvalue weighted by atomic mass is 9.53. The van der Waals surface area contributed by atoms with Crippen LogP contribution < -0.4 is 18.9 Å². The van der Waals surface area contributed by atoms with Crippen LogP contribution in [0.4, 0.5) is 0 Å². The maximum atomic E-state index is 5.68. The van der Waals surface area contributed by atoms with Crippen molar-refractivity contribution in [2.45, 2.75) is 104 Å². The highest BCUT2D eigenvalue weighted by molar-refractivity contribution is 5.50. The van der Waals surface area contributed by atoms with E-state index in [2.05, 4.69) is 114 Å². The molecule has 0 bridgehead atoms. The molecule has 0 radical (unpaired) electrons. The highest BCUT2D eigenvalue weighted by atomic mass is 16.5. The Hall–Kier alpha value is -3.92. The van der Waals surface area contributed by atoms with Crippen LogP contribution in [0.25, 0.3) is 0 Å². The van der Waals surface area contributed by atoms with Gasteiger partial charge in [0.25, 0.3) is 0 Å². The summed E-state index contributed by atoms with van der Waals surface area (Å²) in [4.78, 5) is 0. The van der Waals surface area contributed by atoms with Crippen LogP contribution in [0.2, 0.25) is 0 Å². The van der Waals surface area contributed by atoms with Gasteiger partial charge in [0.05, 0.1) is 28.4 Å². The van der Waals surface area contributed by atoms with E-state index < -0.39 is 0 Å². The molecule has 6 rings (SSSR count). The second kappa shape index (κ2) is 14.6. The third-order valence-electron chi connectivity index (χ3n) is 13.6. The second-order valence-electron chi connectivity index (χ2n) is 16.3. The predicted molar refractivity (Wildman–Crippen MR) is 210 cm³/mol. The molecule has 0 unspecified atom stereocenters. The summed E-state index contributed by atoms with van der Waals surface area (Å²) in [5, 5.41) is 0. The molecule has 272 valence electrons. The van der Waals surface area contributed by atoms with Crippen molar-refractivity contribution in [1.29, 1.82) is 0 Å². The summed E-state index contributed by atoms with van der Waals surface area (Å²) >= 11 is 0. The molecule has 0 aliphatic heterocycles. The van der Waals surface area contributed by atoms with Gasteiger partial charge in [0.15, 0.2) is 0 Å². The van der Waals surface area contributed by atoms with Crippen LogP contribution in [0.5, 0.6) is 23.0 Å². The normalized spacial score (nSPS) is 17.9. The molecule has 0 saturated heterocycles. The Kier molecular flexibility index (Phi) is 10.6. The Balaban J connectivity index is 1.27. The highest BCUT2D eigenvalue weighted by Crippen LogP contribution is 2.57. The number of hydrogen-bond acceptors (Lipinski definition) is 4. The van der Waals surface area contributed by atoms with Crippen molar-refractivity contribution in [3.05, 3.63) is 117 Å². The Morgan fingerprint density at radius 3 is 0.863 bits per heavy atom. The molecule has 0 aromatic heterocycles. The van der Waals surface area contributed by atoms with Crippen molar-refractivity contribution in [2.75, 3.05) is 28.4 Å². The summed E-state index contributed by atoms with van der Waals surface area (Å²) in [6.07, 6.45) is 9.47. The molecule has 51 heavy (non-hydrogen) atoms. The van der Waals surface area contributed by atoms with Gasteiger partial charge >= 0.3 is 0 Å². The zero-order chi connectivity index (χ0) is 36.6. The van der Waals surface area contributed by atoms with Gasteiger partial charge in [-0.1, -0.05) is 62.4 Å². The molecule has 0 spiro atoms. The van der Waals surface area contributed by atoms with Crippen LogP contribution in [-0.2, 0) is 10.8 Å². The lowest BCUT2D eigenvalue weighted by Crippen LogP contribution is -2.43. The molecule has 2 fully saturated rings. The molecule has 4 heteroatoms. The average molecular weight is 689 g/mol. The van der Waals surface area contributed by atoms with Crippen molar-refractivity contribution in [1.82, 2.24) is 0 Å². The van der Waals surface area contributed by atoms with Crippen molar-refractivity contribution >= 4 is 0 Å². The van der Waals surface area contributed by atoms with E-state index in [1.165, 1.54) is 70.2 Å². The van der Waals surface area contributed by atoms with Gasteiger partial charge in [0.1, 0.15) is 23.0 Å². The molecular formula is C47H60O4. The van der Waals surface area contributed by atoms with Crippen molar-refractivity contribution in [2.24, 2.45) is 17.3 Å². The first-order chi connectivity index (χ1) is 24.4. The van der Waals surface area contributed by atoms with Gasteiger partial charge in [-0.3, -0.25) is 0 Å². The molecule has 0 N–H and O–H groups in total. The third-order valence-corrected chi connectivity index (χ3v) is 13.6. The van der Waals surface area contributed by atoms with Crippen molar-refractivity contribution in [3.8, 4) is 23.0 Å². The van der Waals surface area contributed by atoms with E-state index in [1.807, 2.05) is 0 Å². The molecule has 0 atom stereocenters. The molecule has 0 amide bonds. The maximum absolute atomic E-state index is 5.68. The minimum absolute atomic E-state index is 0.0270. The van der Waals surface area contributed by atoms with E-state index in [0.29, 0.717) is 11.8 Å². The summed E-state index contributed by atoms with van der Waals surface area (Å²) in [7, 11) is 7.07. The number of benzene rings is 4. The van der Waals surface area contributed by atoms with E-state index in [9.17, 15) is 0 Å². The number of methoxy groups -OCH3 is 4. The molecular weight excluding hydrogens is 629 g/mol. The van der Waals surface area contributed by atoms with Crippen LogP contribution in [-0.4, -0.2) is 28.4 Å². The zero-order valence-corrected chi connectivity index (χ0v) is 32.9. The molecule has 2 aliphatic carbocycles. The summed E-state index contributed by atoms with van der Waals surface area (Å²) in [6.45, 7) is 13.9. The van der Waals surface area contributed by atoms with E-state index >= 15 is 0 Å². The predicted octanol–water partition coefficient (Wildman–Crippen LogP) is 11.6. The summed E-state index contributed by atoms with van der Waals surface area (Å²) in [5.74, 6) is 5.17. The summed E-state index contributed by atoms with van der Waals surface area (Å²) < 4.78 is 22.7. The maximum Gasteiger partial charge on any atom is 0.121 e. The van der Waals surface area contributed by atoms with Crippen molar-refractivity contribution < 1.29 is 18.9 Å². The van der Waals surface area contributed by atoms with Crippen LogP contribution in [0.1, 0.15) is 110 Å². The van der Waals surface area contributed by atoms with Crippen LogP contribution >= 0.6 is 0 Å². The van der Waals surface area contributed by atoms with Gasteiger partial charge < -0.3 is 18.9 Å². The van der Waals surface area contributed by atoms with E-state index in [-0.39, 0.29) is 16.2 Å². The third kappa shape index (κ3) is 6.64. The minimum atomic E-state index is -0.0270. The topological polar surface area (TPSA) is 36.9 Å². The summed E-state index contributed by atoms with van der Waals surface area (Å²) in [6, 6.07) is 27.5. The molecule has 2 saturated carbocycles. The Bertz CT molecular complexity index is 1590. The molecule has 4 aromatic carbocycles. The molecule has 0 heterocycles. The lowest BCUT2D eigenvalue weighted by Gasteiger charge is -2.52. The van der Waals surface area contributed by atoms with E-state index in [1.54, 1.807) is 28.4 Å².